The lowest BCUT2D eigenvalue weighted by Gasteiger charge is -2.36. The number of aromatic nitrogens is 1. The number of nitrogens with one attached hydrogen (secondary N) is 1. The molecule has 8 nitrogen and oxygen atoms in total. The number of aliphatic hydroxyl groups excluding tert-OH is 1. The minimum Gasteiger partial charge on any atom is -0.386 e. The van der Waals surface area contributed by atoms with Gasteiger partial charge in [0.05, 0.1) is 24.4 Å². The van der Waals surface area contributed by atoms with E-state index in [1.165, 1.54) is 11.3 Å². The normalized spacial score (nSPS) is 20.8. The van der Waals surface area contributed by atoms with E-state index in [-0.39, 0.29) is 11.8 Å². The SMILES string of the molecule is CC1(C)NC(=O)c2sc(N3CCOCC3)c(-c3ccnc(-c4cccc(C(=O)N5CCCC5)c4)c3)c2[C@@H]1O. The van der Waals surface area contributed by atoms with Gasteiger partial charge in [-0.15, -0.1) is 11.3 Å². The number of anilines is 1. The van der Waals surface area contributed by atoms with Gasteiger partial charge in [-0.2, -0.15) is 0 Å². The van der Waals surface area contributed by atoms with Crippen LogP contribution in [0, 0.1) is 0 Å². The van der Waals surface area contributed by atoms with Gasteiger partial charge in [0.2, 0.25) is 0 Å². The minimum atomic E-state index is -0.866. The second-order valence-electron chi connectivity index (χ2n) is 10.7. The van der Waals surface area contributed by atoms with Crippen LogP contribution in [0.4, 0.5) is 5.00 Å². The molecule has 2 saturated heterocycles. The minimum absolute atomic E-state index is 0.0541. The average Bonchev–Trinajstić information content (AvgIpc) is 3.61. The Hall–Kier alpha value is -3.27. The first-order chi connectivity index (χ1) is 18.3. The summed E-state index contributed by atoms with van der Waals surface area (Å²) < 4.78 is 5.58. The molecule has 1 atom stereocenters. The van der Waals surface area contributed by atoms with Crippen molar-refractivity contribution in [2.75, 3.05) is 44.3 Å². The standard InChI is InChI=1S/C29H32N4O4S/c1-29(2)25(34)23-22(28(33-12-14-37-15-13-33)38-24(23)26(35)31-29)19-8-9-30-21(17-19)18-6-5-7-20(16-18)27(36)32-10-3-4-11-32/h5-9,16-17,25,34H,3-4,10-15H2,1-2H3,(H,31,35)/t25-/m0/s1. The van der Waals surface area contributed by atoms with E-state index in [1.807, 2.05) is 55.1 Å². The summed E-state index contributed by atoms with van der Waals surface area (Å²) in [5.74, 6) is -0.109. The molecule has 0 radical (unpaired) electrons. The molecule has 0 spiro atoms. The maximum absolute atomic E-state index is 13.1. The molecule has 198 valence electrons. The fourth-order valence-electron chi connectivity index (χ4n) is 5.57. The van der Waals surface area contributed by atoms with Crippen LogP contribution in [0.3, 0.4) is 0 Å². The van der Waals surface area contributed by atoms with E-state index in [0.29, 0.717) is 42.3 Å². The van der Waals surface area contributed by atoms with Gasteiger partial charge < -0.3 is 25.0 Å². The lowest BCUT2D eigenvalue weighted by atomic mass is 9.84. The fourth-order valence-corrected chi connectivity index (χ4v) is 6.87. The van der Waals surface area contributed by atoms with Crippen molar-refractivity contribution in [3.05, 3.63) is 58.6 Å². The van der Waals surface area contributed by atoms with Gasteiger partial charge in [-0.3, -0.25) is 14.6 Å². The monoisotopic (exact) mass is 532 g/mol. The van der Waals surface area contributed by atoms with Crippen molar-refractivity contribution in [3.8, 4) is 22.4 Å². The molecule has 0 bridgehead atoms. The molecule has 2 N–H and O–H groups in total. The lowest BCUT2D eigenvalue weighted by molar-refractivity contribution is 0.0558. The number of hydrogen-bond acceptors (Lipinski definition) is 7. The highest BCUT2D eigenvalue weighted by Crippen LogP contribution is 2.50. The third-order valence-electron chi connectivity index (χ3n) is 7.67. The van der Waals surface area contributed by atoms with E-state index in [9.17, 15) is 14.7 Å². The number of aliphatic hydroxyl groups is 1. The van der Waals surface area contributed by atoms with Crippen LogP contribution in [0.5, 0.6) is 0 Å². The van der Waals surface area contributed by atoms with Crippen LogP contribution in [0.1, 0.15) is 58.4 Å². The zero-order valence-corrected chi connectivity index (χ0v) is 22.5. The van der Waals surface area contributed by atoms with Crippen molar-refractivity contribution in [2.45, 2.75) is 38.3 Å². The second-order valence-corrected chi connectivity index (χ2v) is 11.7. The van der Waals surface area contributed by atoms with Crippen LogP contribution in [0.15, 0.2) is 42.6 Å². The van der Waals surface area contributed by atoms with Gasteiger partial charge in [0.1, 0.15) is 16.0 Å². The third-order valence-corrected chi connectivity index (χ3v) is 8.94. The van der Waals surface area contributed by atoms with E-state index in [1.54, 1.807) is 6.20 Å². The number of thiophene rings is 1. The quantitative estimate of drug-likeness (QED) is 0.525. The smallest absolute Gasteiger partial charge is 0.262 e. The fraction of sp³-hybridized carbons (Fsp3) is 0.414. The van der Waals surface area contributed by atoms with Crippen LogP contribution in [0.25, 0.3) is 22.4 Å². The first-order valence-corrected chi connectivity index (χ1v) is 14.0. The number of nitrogens with zero attached hydrogens (tertiary/aromatic N) is 3. The van der Waals surface area contributed by atoms with Gasteiger partial charge in [-0.1, -0.05) is 12.1 Å². The molecule has 1 aromatic carbocycles. The lowest BCUT2D eigenvalue weighted by Crippen LogP contribution is -2.51. The zero-order chi connectivity index (χ0) is 26.4. The molecule has 9 heteroatoms. The second kappa shape index (κ2) is 9.80. The van der Waals surface area contributed by atoms with Crippen LogP contribution in [-0.2, 0) is 4.74 Å². The molecule has 0 saturated carbocycles. The van der Waals surface area contributed by atoms with E-state index < -0.39 is 11.6 Å². The Labute approximate surface area is 226 Å². The first kappa shape index (κ1) is 25.0. The van der Waals surface area contributed by atoms with Crippen molar-refractivity contribution in [2.24, 2.45) is 0 Å². The topological polar surface area (TPSA) is 95.0 Å². The molecular formula is C29H32N4O4S. The molecule has 2 fully saturated rings. The molecule has 0 unspecified atom stereocenters. The third kappa shape index (κ3) is 4.38. The van der Waals surface area contributed by atoms with Gasteiger partial charge in [0, 0.05) is 54.6 Å². The molecule has 38 heavy (non-hydrogen) atoms. The molecule has 3 aliphatic heterocycles. The number of fused-ring (bicyclic) bond motifs is 1. The zero-order valence-electron chi connectivity index (χ0n) is 21.7. The van der Waals surface area contributed by atoms with Gasteiger partial charge >= 0.3 is 0 Å². The summed E-state index contributed by atoms with van der Waals surface area (Å²) in [6, 6.07) is 11.6. The first-order valence-electron chi connectivity index (χ1n) is 13.2. The Balaban J connectivity index is 1.45. The van der Waals surface area contributed by atoms with Crippen LogP contribution in [0.2, 0.25) is 0 Å². The van der Waals surface area contributed by atoms with Gasteiger partial charge in [0.25, 0.3) is 11.8 Å². The maximum Gasteiger partial charge on any atom is 0.262 e. The van der Waals surface area contributed by atoms with E-state index in [4.69, 9.17) is 4.74 Å². The van der Waals surface area contributed by atoms with E-state index >= 15 is 0 Å². The summed E-state index contributed by atoms with van der Waals surface area (Å²) in [6.45, 7) is 7.94. The van der Waals surface area contributed by atoms with Crippen molar-refractivity contribution in [1.82, 2.24) is 15.2 Å². The number of morpholine rings is 1. The van der Waals surface area contributed by atoms with Crippen LogP contribution in [-0.4, -0.2) is 71.7 Å². The number of likely N-dealkylation sites (tertiary alicyclic amines) is 1. The summed E-state index contributed by atoms with van der Waals surface area (Å²) in [5, 5.41) is 15.4. The summed E-state index contributed by atoms with van der Waals surface area (Å²) in [6.07, 6.45) is 2.99. The Morgan fingerprint density at radius 2 is 1.87 bits per heavy atom. The molecule has 2 aromatic heterocycles. The van der Waals surface area contributed by atoms with E-state index in [2.05, 4.69) is 15.2 Å². The number of carbonyl (C=O) groups is 2. The predicted octanol–water partition coefficient (Wildman–Crippen LogP) is 4.11. The van der Waals surface area contributed by atoms with Crippen LogP contribution < -0.4 is 10.2 Å². The number of carbonyl (C=O) groups excluding carboxylic acids is 2. The largest absolute Gasteiger partial charge is 0.386 e. The van der Waals surface area contributed by atoms with Crippen LogP contribution >= 0.6 is 11.3 Å². The number of pyridine rings is 1. The molecule has 5 heterocycles. The van der Waals surface area contributed by atoms with Crippen molar-refractivity contribution >= 4 is 28.2 Å². The molecule has 3 aliphatic rings. The average molecular weight is 533 g/mol. The predicted molar refractivity (Wildman–Crippen MR) is 148 cm³/mol. The number of benzene rings is 1. The summed E-state index contributed by atoms with van der Waals surface area (Å²) in [5.41, 5.74) is 3.87. The number of ether oxygens (including phenoxy) is 1. The Bertz CT molecular complexity index is 1390. The number of rotatable bonds is 4. The van der Waals surface area contributed by atoms with Gasteiger partial charge in [-0.05, 0) is 56.5 Å². The molecule has 2 amide bonds. The molecular weight excluding hydrogens is 500 g/mol. The van der Waals surface area contributed by atoms with Crippen molar-refractivity contribution in [1.29, 1.82) is 0 Å². The van der Waals surface area contributed by atoms with Gasteiger partial charge in [0.15, 0.2) is 0 Å². The Kier molecular flexibility index (Phi) is 6.45. The Morgan fingerprint density at radius 3 is 2.63 bits per heavy atom. The highest BCUT2D eigenvalue weighted by Gasteiger charge is 2.43. The molecule has 3 aromatic rings. The summed E-state index contributed by atoms with van der Waals surface area (Å²) in [7, 11) is 0. The number of hydrogen-bond donors (Lipinski definition) is 2. The maximum atomic E-state index is 13.1. The highest BCUT2D eigenvalue weighted by atomic mass is 32.1. The summed E-state index contributed by atoms with van der Waals surface area (Å²) >= 11 is 1.43. The Morgan fingerprint density at radius 1 is 1.11 bits per heavy atom. The summed E-state index contributed by atoms with van der Waals surface area (Å²) in [4.78, 5) is 35.5. The number of amides is 2. The van der Waals surface area contributed by atoms with Crippen molar-refractivity contribution < 1.29 is 19.4 Å². The van der Waals surface area contributed by atoms with Gasteiger partial charge in [-0.25, -0.2) is 0 Å². The van der Waals surface area contributed by atoms with Crippen molar-refractivity contribution in [3.63, 3.8) is 0 Å². The molecule has 0 aliphatic carbocycles. The van der Waals surface area contributed by atoms with E-state index in [0.717, 1.165) is 53.3 Å². The highest BCUT2D eigenvalue weighted by molar-refractivity contribution is 7.19. The molecule has 6 rings (SSSR count).